The number of nitrogens with zero attached hydrogens (tertiary/aromatic N) is 3. The number of alkyl carbamates (subject to hydrolysis) is 1. The molecule has 1 unspecified atom stereocenters. The Morgan fingerprint density at radius 2 is 1.90 bits per heavy atom. The lowest BCUT2D eigenvalue weighted by molar-refractivity contribution is 0.0132. The van der Waals surface area contributed by atoms with E-state index in [-0.39, 0.29) is 23.8 Å². The molecular weight excluding hydrogens is 493 g/mol. The number of nitriles is 1. The van der Waals surface area contributed by atoms with Crippen molar-refractivity contribution in [3.8, 4) is 6.07 Å². The third-order valence-corrected chi connectivity index (χ3v) is 9.43. The maximum absolute atomic E-state index is 14.5. The van der Waals surface area contributed by atoms with Gasteiger partial charge < -0.3 is 25.6 Å². The molecule has 39 heavy (non-hydrogen) atoms. The summed E-state index contributed by atoms with van der Waals surface area (Å²) in [6.07, 6.45) is 4.04. The van der Waals surface area contributed by atoms with Crippen LogP contribution in [0, 0.1) is 34.9 Å². The second-order valence-corrected chi connectivity index (χ2v) is 11.5. The molecule has 1 aliphatic carbocycles. The molecule has 208 valence electrons. The summed E-state index contributed by atoms with van der Waals surface area (Å²) in [6.45, 7) is 5.51. The Morgan fingerprint density at radius 3 is 2.54 bits per heavy atom. The summed E-state index contributed by atoms with van der Waals surface area (Å²) in [5, 5.41) is 11.6. The van der Waals surface area contributed by atoms with Gasteiger partial charge in [0, 0.05) is 56.2 Å². The van der Waals surface area contributed by atoms with E-state index in [0.29, 0.717) is 18.0 Å². The SMILES string of the molecule is CNC(=O)O[C@H]1CCC[C@@H]1C(CN)(c1cccc(F)c1)C1CCN(CC2CN(c3ccc(C#N)cc3)C2)CC1. The van der Waals surface area contributed by atoms with Gasteiger partial charge in [-0.25, -0.2) is 9.18 Å². The number of likely N-dealkylation sites (tertiary alicyclic amines) is 1. The van der Waals surface area contributed by atoms with Gasteiger partial charge in [-0.15, -0.1) is 0 Å². The van der Waals surface area contributed by atoms with Crippen LogP contribution in [0.1, 0.15) is 43.2 Å². The number of halogens is 1. The maximum atomic E-state index is 14.5. The van der Waals surface area contributed by atoms with Gasteiger partial charge in [-0.2, -0.15) is 5.26 Å². The molecule has 5 rings (SSSR count). The fourth-order valence-electron chi connectivity index (χ4n) is 7.46. The Balaban J connectivity index is 1.26. The topological polar surface area (TPSA) is 94.6 Å². The Hall–Kier alpha value is -3.15. The number of nitrogens with two attached hydrogens (primary N) is 1. The quantitative estimate of drug-likeness (QED) is 0.527. The lowest BCUT2D eigenvalue weighted by Gasteiger charge is -2.50. The van der Waals surface area contributed by atoms with Gasteiger partial charge in [0.2, 0.25) is 0 Å². The van der Waals surface area contributed by atoms with Crippen molar-refractivity contribution in [2.24, 2.45) is 23.5 Å². The van der Waals surface area contributed by atoms with Crippen molar-refractivity contribution in [1.29, 1.82) is 5.26 Å². The van der Waals surface area contributed by atoms with E-state index in [1.807, 2.05) is 30.3 Å². The predicted molar refractivity (Wildman–Crippen MR) is 150 cm³/mol. The van der Waals surface area contributed by atoms with Gasteiger partial charge in [0.05, 0.1) is 11.6 Å². The summed E-state index contributed by atoms with van der Waals surface area (Å²) in [4.78, 5) is 17.1. The Bertz CT molecular complexity index is 1170. The highest BCUT2D eigenvalue weighted by Crippen LogP contribution is 2.50. The minimum atomic E-state index is -0.438. The zero-order valence-corrected chi connectivity index (χ0v) is 22.8. The smallest absolute Gasteiger partial charge is 0.407 e. The molecule has 1 amide bonds. The second kappa shape index (κ2) is 11.9. The number of nitrogens with one attached hydrogen (secondary N) is 1. The van der Waals surface area contributed by atoms with Crippen molar-refractivity contribution >= 4 is 11.8 Å². The number of amides is 1. The van der Waals surface area contributed by atoms with Crippen molar-refractivity contribution in [3.63, 3.8) is 0 Å². The molecule has 3 aliphatic rings. The molecule has 0 aromatic heterocycles. The maximum Gasteiger partial charge on any atom is 0.407 e. The molecule has 2 saturated heterocycles. The van der Waals surface area contributed by atoms with Crippen molar-refractivity contribution in [1.82, 2.24) is 10.2 Å². The van der Waals surface area contributed by atoms with Crippen LogP contribution in [-0.4, -0.2) is 63.4 Å². The second-order valence-electron chi connectivity index (χ2n) is 11.5. The highest BCUT2D eigenvalue weighted by Gasteiger charge is 2.52. The zero-order chi connectivity index (χ0) is 27.4. The molecule has 0 bridgehead atoms. The highest BCUT2D eigenvalue weighted by atomic mass is 19.1. The van der Waals surface area contributed by atoms with E-state index in [9.17, 15) is 9.18 Å². The number of carbonyl (C=O) groups is 1. The molecule has 3 atom stereocenters. The third kappa shape index (κ3) is 5.61. The summed E-state index contributed by atoms with van der Waals surface area (Å²) < 4.78 is 20.4. The highest BCUT2D eigenvalue weighted by molar-refractivity contribution is 5.67. The first-order valence-corrected chi connectivity index (χ1v) is 14.3. The van der Waals surface area contributed by atoms with Crippen LogP contribution in [0.3, 0.4) is 0 Å². The predicted octanol–water partition coefficient (Wildman–Crippen LogP) is 4.27. The van der Waals surface area contributed by atoms with Gasteiger partial charge in [-0.3, -0.25) is 0 Å². The molecule has 0 spiro atoms. The number of ether oxygens (including phenoxy) is 1. The van der Waals surface area contributed by atoms with Crippen LogP contribution in [-0.2, 0) is 10.2 Å². The Morgan fingerprint density at radius 1 is 1.15 bits per heavy atom. The molecule has 1 saturated carbocycles. The van der Waals surface area contributed by atoms with Crippen LogP contribution in [0.15, 0.2) is 48.5 Å². The van der Waals surface area contributed by atoms with Gasteiger partial charge in [0.1, 0.15) is 11.9 Å². The van der Waals surface area contributed by atoms with E-state index < -0.39 is 11.5 Å². The van der Waals surface area contributed by atoms with Crippen LogP contribution < -0.4 is 16.0 Å². The van der Waals surface area contributed by atoms with Crippen LogP contribution in [0.25, 0.3) is 0 Å². The number of anilines is 1. The van der Waals surface area contributed by atoms with E-state index in [4.69, 9.17) is 15.7 Å². The van der Waals surface area contributed by atoms with Gasteiger partial charge in [0.25, 0.3) is 0 Å². The minimum Gasteiger partial charge on any atom is -0.446 e. The van der Waals surface area contributed by atoms with Crippen molar-refractivity contribution in [3.05, 3.63) is 65.5 Å². The van der Waals surface area contributed by atoms with E-state index in [0.717, 1.165) is 70.4 Å². The van der Waals surface area contributed by atoms with Crippen LogP contribution in [0.4, 0.5) is 14.9 Å². The van der Waals surface area contributed by atoms with E-state index in [2.05, 4.69) is 21.2 Å². The summed E-state index contributed by atoms with van der Waals surface area (Å²) >= 11 is 0. The fraction of sp³-hybridized carbons (Fsp3) is 0.548. The monoisotopic (exact) mass is 533 g/mol. The molecule has 2 aliphatic heterocycles. The lowest BCUT2D eigenvalue weighted by atomic mass is 9.58. The molecule has 2 aromatic rings. The Kier molecular flexibility index (Phi) is 8.39. The summed E-state index contributed by atoms with van der Waals surface area (Å²) in [5.74, 6) is 0.725. The van der Waals surface area contributed by atoms with Gasteiger partial charge in [0.15, 0.2) is 0 Å². The van der Waals surface area contributed by atoms with Gasteiger partial charge in [-0.05, 0) is 93.1 Å². The Labute approximate surface area is 231 Å². The third-order valence-electron chi connectivity index (χ3n) is 9.43. The van der Waals surface area contributed by atoms with Gasteiger partial charge in [-0.1, -0.05) is 12.1 Å². The van der Waals surface area contributed by atoms with Crippen molar-refractivity contribution in [2.75, 3.05) is 51.2 Å². The van der Waals surface area contributed by atoms with E-state index in [1.54, 1.807) is 19.2 Å². The number of hydrogen-bond acceptors (Lipinski definition) is 6. The molecule has 2 heterocycles. The normalized spacial score (nSPS) is 24.0. The summed E-state index contributed by atoms with van der Waals surface area (Å²) in [7, 11) is 1.58. The van der Waals surface area contributed by atoms with Crippen molar-refractivity contribution < 1.29 is 13.9 Å². The van der Waals surface area contributed by atoms with Gasteiger partial charge >= 0.3 is 6.09 Å². The number of carbonyl (C=O) groups excluding carboxylic acids is 1. The molecular formula is C31H40FN5O2. The number of benzene rings is 2. The molecule has 2 aromatic carbocycles. The van der Waals surface area contributed by atoms with Crippen LogP contribution in [0.2, 0.25) is 0 Å². The van der Waals surface area contributed by atoms with Crippen LogP contribution in [0.5, 0.6) is 0 Å². The molecule has 8 heteroatoms. The van der Waals surface area contributed by atoms with E-state index in [1.165, 1.54) is 11.8 Å². The molecule has 3 fully saturated rings. The van der Waals surface area contributed by atoms with Crippen molar-refractivity contribution in [2.45, 2.75) is 43.6 Å². The first-order chi connectivity index (χ1) is 19.0. The molecule has 3 N–H and O–H groups in total. The number of hydrogen-bond donors (Lipinski definition) is 2. The number of rotatable bonds is 8. The average molecular weight is 534 g/mol. The number of piperidine rings is 1. The summed E-state index contributed by atoms with van der Waals surface area (Å²) in [5.41, 5.74) is 9.02. The van der Waals surface area contributed by atoms with Crippen LogP contribution >= 0.6 is 0 Å². The fourth-order valence-corrected chi connectivity index (χ4v) is 7.46. The standard InChI is InChI=1S/C31H40FN5O2/c1-35-30(38)39-29-7-3-6-28(29)31(21-34,25-4-2-5-26(32)16-25)24-12-14-36(15-13-24)18-23-19-37(20-23)27-10-8-22(17-33)9-11-27/h2,4-5,8-11,16,23-24,28-29H,3,6-7,12-15,18-21,34H2,1H3,(H,35,38)/t28-,29-,31?/m0/s1. The first-order valence-electron chi connectivity index (χ1n) is 14.3. The average Bonchev–Trinajstić information content (AvgIpc) is 3.40. The molecule has 0 radical (unpaired) electrons. The lowest BCUT2D eigenvalue weighted by Crippen LogP contribution is -2.56. The zero-order valence-electron chi connectivity index (χ0n) is 22.8. The minimum absolute atomic E-state index is 0.0609. The molecule has 7 nitrogen and oxygen atoms in total. The largest absolute Gasteiger partial charge is 0.446 e. The summed E-state index contributed by atoms with van der Waals surface area (Å²) in [6, 6.07) is 16.9. The first kappa shape index (κ1) is 27.4. The van der Waals surface area contributed by atoms with E-state index >= 15 is 0 Å².